The number of carbonyl (C=O) groups excluding carboxylic acids is 2. The molecule has 1 aromatic heterocycles. The number of benzene rings is 2. The topological polar surface area (TPSA) is 93.4 Å². The Kier molecular flexibility index (Phi) is 7.07. The van der Waals surface area contributed by atoms with Crippen molar-refractivity contribution in [1.82, 2.24) is 4.57 Å². The number of ether oxygens (including phenoxy) is 2. The second-order valence-corrected chi connectivity index (χ2v) is 6.62. The zero-order valence-corrected chi connectivity index (χ0v) is 17.4. The molecule has 7 nitrogen and oxygen atoms in total. The molecule has 1 N–H and O–H groups in total. The Morgan fingerprint density at radius 2 is 1.84 bits per heavy atom. The first-order chi connectivity index (χ1) is 15.0. The molecule has 0 saturated heterocycles. The van der Waals surface area contributed by atoms with Gasteiger partial charge in [-0.2, -0.15) is 5.26 Å². The summed E-state index contributed by atoms with van der Waals surface area (Å²) >= 11 is 0. The van der Waals surface area contributed by atoms with Gasteiger partial charge in [0.05, 0.1) is 13.2 Å². The van der Waals surface area contributed by atoms with Gasteiger partial charge in [-0.15, -0.1) is 0 Å². The molecule has 0 fully saturated rings. The highest BCUT2D eigenvalue weighted by Gasteiger charge is 2.14. The van der Waals surface area contributed by atoms with E-state index in [-0.39, 0.29) is 18.1 Å². The monoisotopic (exact) mass is 417 g/mol. The van der Waals surface area contributed by atoms with Gasteiger partial charge in [0, 0.05) is 28.4 Å². The summed E-state index contributed by atoms with van der Waals surface area (Å²) in [6.07, 6.45) is 3.26. The molecule has 0 aliphatic rings. The number of esters is 1. The van der Waals surface area contributed by atoms with E-state index in [9.17, 15) is 14.9 Å². The number of nitriles is 1. The van der Waals surface area contributed by atoms with Gasteiger partial charge in [0.2, 0.25) is 0 Å². The minimum Gasteiger partial charge on any atom is -0.494 e. The summed E-state index contributed by atoms with van der Waals surface area (Å²) in [5.41, 5.74) is 1.98. The molecule has 0 unspecified atom stereocenters. The molecule has 0 saturated carbocycles. The molecule has 0 atom stereocenters. The van der Waals surface area contributed by atoms with Crippen LogP contribution in [-0.2, 0) is 20.9 Å². The molecule has 1 heterocycles. The molecule has 0 radical (unpaired) electrons. The highest BCUT2D eigenvalue weighted by atomic mass is 16.5. The molecule has 0 aliphatic heterocycles. The van der Waals surface area contributed by atoms with E-state index in [1.54, 1.807) is 42.0 Å². The fourth-order valence-corrected chi connectivity index (χ4v) is 3.17. The molecule has 3 aromatic rings. The molecule has 7 heteroatoms. The lowest BCUT2D eigenvalue weighted by atomic mass is 10.1. The van der Waals surface area contributed by atoms with Gasteiger partial charge in [0.25, 0.3) is 5.91 Å². The minimum atomic E-state index is -0.520. The normalized spacial score (nSPS) is 11.1. The van der Waals surface area contributed by atoms with E-state index in [0.717, 1.165) is 10.9 Å². The van der Waals surface area contributed by atoms with Crippen LogP contribution in [0.2, 0.25) is 0 Å². The number of para-hydroxylation sites is 1. The SMILES string of the molecule is CCOC(=O)Cn1cc(/C=C(/C#N)C(=O)Nc2ccc(OCC)cc2)c2ccccc21. The van der Waals surface area contributed by atoms with Crippen LogP contribution in [0.15, 0.2) is 60.3 Å². The van der Waals surface area contributed by atoms with Crippen LogP contribution in [0.4, 0.5) is 5.69 Å². The predicted octanol–water partition coefficient (Wildman–Crippen LogP) is 4.15. The maximum atomic E-state index is 12.7. The van der Waals surface area contributed by atoms with E-state index in [1.807, 2.05) is 37.3 Å². The summed E-state index contributed by atoms with van der Waals surface area (Å²) in [4.78, 5) is 24.6. The van der Waals surface area contributed by atoms with Gasteiger partial charge >= 0.3 is 5.97 Å². The quantitative estimate of drug-likeness (QED) is 0.338. The molecular formula is C24H23N3O4. The Morgan fingerprint density at radius 1 is 1.10 bits per heavy atom. The molecule has 0 aliphatic carbocycles. The summed E-state index contributed by atoms with van der Waals surface area (Å²) in [6.45, 7) is 4.54. The molecule has 0 bridgehead atoms. The highest BCUT2D eigenvalue weighted by Crippen LogP contribution is 2.24. The van der Waals surface area contributed by atoms with Crippen molar-refractivity contribution in [3.8, 4) is 11.8 Å². The van der Waals surface area contributed by atoms with Crippen molar-refractivity contribution < 1.29 is 19.1 Å². The van der Waals surface area contributed by atoms with Crippen LogP contribution in [0.1, 0.15) is 19.4 Å². The first-order valence-corrected chi connectivity index (χ1v) is 9.95. The zero-order chi connectivity index (χ0) is 22.2. The summed E-state index contributed by atoms with van der Waals surface area (Å²) in [5.74, 6) is -0.174. The minimum absolute atomic E-state index is 0.0441. The number of hydrogen-bond donors (Lipinski definition) is 1. The van der Waals surface area contributed by atoms with Crippen LogP contribution in [0.3, 0.4) is 0 Å². The standard InChI is InChI=1S/C24H23N3O4/c1-3-30-20-11-9-19(10-12-20)26-24(29)17(14-25)13-18-15-27(16-23(28)31-4-2)22-8-6-5-7-21(18)22/h5-13,15H,3-4,16H2,1-2H3,(H,26,29)/b17-13-. The van der Waals surface area contributed by atoms with Gasteiger partial charge in [0.15, 0.2) is 0 Å². The van der Waals surface area contributed by atoms with Crippen LogP contribution in [0, 0.1) is 11.3 Å². The van der Waals surface area contributed by atoms with Crippen molar-refractivity contribution in [2.45, 2.75) is 20.4 Å². The fraction of sp³-hybridized carbons (Fsp3) is 0.208. The molecule has 2 aromatic carbocycles. The van der Waals surface area contributed by atoms with E-state index in [0.29, 0.717) is 30.2 Å². The number of fused-ring (bicyclic) bond motifs is 1. The van der Waals surface area contributed by atoms with Crippen molar-refractivity contribution in [2.24, 2.45) is 0 Å². The van der Waals surface area contributed by atoms with E-state index in [2.05, 4.69) is 5.32 Å². The van der Waals surface area contributed by atoms with Crippen LogP contribution < -0.4 is 10.1 Å². The second kappa shape index (κ2) is 10.1. The first-order valence-electron chi connectivity index (χ1n) is 9.95. The second-order valence-electron chi connectivity index (χ2n) is 6.62. The lowest BCUT2D eigenvalue weighted by molar-refractivity contribution is -0.143. The molecular weight excluding hydrogens is 394 g/mol. The van der Waals surface area contributed by atoms with Crippen molar-refractivity contribution in [3.05, 3.63) is 65.9 Å². The summed E-state index contributed by atoms with van der Waals surface area (Å²) in [7, 11) is 0. The first kappa shape index (κ1) is 21.7. The fourth-order valence-electron chi connectivity index (χ4n) is 3.17. The Hall–Kier alpha value is -4.05. The Bertz CT molecular complexity index is 1150. The van der Waals surface area contributed by atoms with Gasteiger partial charge < -0.3 is 19.4 Å². The number of amides is 1. The van der Waals surface area contributed by atoms with E-state index in [1.165, 1.54) is 6.08 Å². The number of nitrogens with one attached hydrogen (secondary N) is 1. The number of anilines is 1. The summed E-state index contributed by atoms with van der Waals surface area (Å²) < 4.78 is 12.2. The van der Waals surface area contributed by atoms with Crippen molar-refractivity contribution in [2.75, 3.05) is 18.5 Å². The molecule has 0 spiro atoms. The average Bonchev–Trinajstić information content (AvgIpc) is 3.11. The van der Waals surface area contributed by atoms with Gasteiger partial charge in [-0.3, -0.25) is 9.59 Å². The van der Waals surface area contributed by atoms with Crippen molar-refractivity contribution in [1.29, 1.82) is 5.26 Å². The third-order valence-electron chi connectivity index (χ3n) is 4.51. The summed E-state index contributed by atoms with van der Waals surface area (Å²) in [5, 5.41) is 13.1. The lowest BCUT2D eigenvalue weighted by Crippen LogP contribution is -2.13. The summed E-state index contributed by atoms with van der Waals surface area (Å²) in [6, 6.07) is 16.4. The van der Waals surface area contributed by atoms with Gasteiger partial charge in [-0.1, -0.05) is 18.2 Å². The maximum absolute atomic E-state index is 12.7. The Labute approximate surface area is 180 Å². The van der Waals surface area contributed by atoms with Gasteiger partial charge in [-0.25, -0.2) is 0 Å². The van der Waals surface area contributed by atoms with Crippen molar-refractivity contribution >= 4 is 34.5 Å². The molecule has 1 amide bonds. The van der Waals surface area contributed by atoms with E-state index >= 15 is 0 Å². The van der Waals surface area contributed by atoms with E-state index < -0.39 is 5.91 Å². The number of carbonyl (C=O) groups is 2. The molecule has 31 heavy (non-hydrogen) atoms. The van der Waals surface area contributed by atoms with Crippen LogP contribution >= 0.6 is 0 Å². The highest BCUT2D eigenvalue weighted by molar-refractivity contribution is 6.10. The largest absolute Gasteiger partial charge is 0.494 e. The predicted molar refractivity (Wildman–Crippen MR) is 118 cm³/mol. The number of aromatic nitrogens is 1. The molecule has 3 rings (SSSR count). The Morgan fingerprint density at radius 3 is 2.52 bits per heavy atom. The van der Waals surface area contributed by atoms with Crippen LogP contribution in [-0.4, -0.2) is 29.7 Å². The van der Waals surface area contributed by atoms with E-state index in [4.69, 9.17) is 9.47 Å². The third-order valence-corrected chi connectivity index (χ3v) is 4.51. The molecule has 158 valence electrons. The average molecular weight is 417 g/mol. The number of nitrogens with zero attached hydrogens (tertiary/aromatic N) is 2. The van der Waals surface area contributed by atoms with Crippen LogP contribution in [0.25, 0.3) is 17.0 Å². The van der Waals surface area contributed by atoms with Gasteiger partial charge in [-0.05, 0) is 50.3 Å². The van der Waals surface area contributed by atoms with Gasteiger partial charge in [0.1, 0.15) is 23.9 Å². The lowest BCUT2D eigenvalue weighted by Gasteiger charge is -2.06. The smallest absolute Gasteiger partial charge is 0.325 e. The zero-order valence-electron chi connectivity index (χ0n) is 17.4. The maximum Gasteiger partial charge on any atom is 0.325 e. The van der Waals surface area contributed by atoms with Crippen molar-refractivity contribution in [3.63, 3.8) is 0 Å². The Balaban J connectivity index is 1.86. The third kappa shape index (κ3) is 5.31. The number of rotatable bonds is 8. The van der Waals surface area contributed by atoms with Crippen LogP contribution in [0.5, 0.6) is 5.75 Å². The number of hydrogen-bond acceptors (Lipinski definition) is 5.